The summed E-state index contributed by atoms with van der Waals surface area (Å²) < 4.78 is 0. The van der Waals surface area contributed by atoms with Gasteiger partial charge in [-0.15, -0.1) is 0 Å². The zero-order chi connectivity index (χ0) is 10.3. The van der Waals surface area contributed by atoms with Crippen LogP contribution in [0.4, 0.5) is 0 Å². The van der Waals surface area contributed by atoms with Crippen molar-refractivity contribution < 1.29 is 4.79 Å². The fourth-order valence-electron chi connectivity index (χ4n) is 1.03. The quantitative estimate of drug-likeness (QED) is 0.660. The van der Waals surface area contributed by atoms with Gasteiger partial charge in [-0.3, -0.25) is 4.79 Å². The summed E-state index contributed by atoms with van der Waals surface area (Å²) in [6.45, 7) is 6.56. The molecular formula is C11H17NO. The van der Waals surface area contributed by atoms with Crippen LogP contribution in [0.1, 0.15) is 30.9 Å². The molecule has 0 fully saturated rings. The van der Waals surface area contributed by atoms with E-state index in [0.29, 0.717) is 5.92 Å². The minimum atomic E-state index is 0.250. The Morgan fingerprint density at radius 2 is 1.92 bits per heavy atom. The predicted molar refractivity (Wildman–Crippen MR) is 55.5 cm³/mol. The van der Waals surface area contributed by atoms with Gasteiger partial charge in [-0.05, 0) is 18.4 Å². The van der Waals surface area contributed by atoms with E-state index in [1.54, 1.807) is 0 Å². The summed E-state index contributed by atoms with van der Waals surface area (Å²) >= 11 is 0. The van der Waals surface area contributed by atoms with Crippen molar-refractivity contribution in [1.82, 2.24) is 0 Å². The van der Waals surface area contributed by atoms with Crippen molar-refractivity contribution in [1.29, 1.82) is 0 Å². The van der Waals surface area contributed by atoms with Crippen molar-refractivity contribution >= 4 is 6.41 Å². The van der Waals surface area contributed by atoms with Crippen LogP contribution in [0.25, 0.3) is 0 Å². The van der Waals surface area contributed by atoms with Gasteiger partial charge in [0.15, 0.2) is 0 Å². The highest BCUT2D eigenvalue weighted by molar-refractivity contribution is 5.42. The molecular weight excluding hydrogens is 162 g/mol. The van der Waals surface area contributed by atoms with Gasteiger partial charge in [0, 0.05) is 0 Å². The first-order valence-corrected chi connectivity index (χ1v) is 4.33. The van der Waals surface area contributed by atoms with E-state index in [9.17, 15) is 0 Å². The molecule has 0 aliphatic heterocycles. The summed E-state index contributed by atoms with van der Waals surface area (Å²) in [7, 11) is 0. The average molecular weight is 179 g/mol. The molecule has 72 valence electrons. The molecule has 13 heavy (non-hydrogen) atoms. The maximum Gasteiger partial charge on any atom is 0.204 e. The average Bonchev–Trinajstić information content (AvgIpc) is 2.05. The highest BCUT2D eigenvalue weighted by Crippen LogP contribution is 2.14. The summed E-state index contributed by atoms with van der Waals surface area (Å²) in [6, 6.07) is 8.67. The molecule has 0 atom stereocenters. The van der Waals surface area contributed by atoms with Crippen LogP contribution in [0.15, 0.2) is 24.3 Å². The summed E-state index contributed by atoms with van der Waals surface area (Å²) in [4.78, 5) is 8.58. The number of rotatable bonds is 1. The lowest BCUT2D eigenvalue weighted by molar-refractivity contribution is -0.106. The third-order valence-electron chi connectivity index (χ3n) is 1.71. The topological polar surface area (TPSA) is 43.1 Å². The molecule has 1 amide bonds. The van der Waals surface area contributed by atoms with Crippen LogP contribution in [0, 0.1) is 6.92 Å². The number of carbonyl (C=O) groups is 1. The number of benzene rings is 1. The van der Waals surface area contributed by atoms with Crippen LogP contribution in [0.3, 0.4) is 0 Å². The van der Waals surface area contributed by atoms with E-state index in [1.165, 1.54) is 11.1 Å². The third kappa shape index (κ3) is 5.01. The van der Waals surface area contributed by atoms with Crippen LogP contribution in [-0.4, -0.2) is 6.41 Å². The lowest BCUT2D eigenvalue weighted by atomic mass is 10.0. The van der Waals surface area contributed by atoms with E-state index in [4.69, 9.17) is 4.79 Å². The van der Waals surface area contributed by atoms with Crippen LogP contribution in [-0.2, 0) is 4.79 Å². The smallest absolute Gasteiger partial charge is 0.204 e. The van der Waals surface area contributed by atoms with E-state index >= 15 is 0 Å². The van der Waals surface area contributed by atoms with Gasteiger partial charge in [0.25, 0.3) is 0 Å². The number of amides is 1. The fraction of sp³-hybridized carbons (Fsp3) is 0.364. The van der Waals surface area contributed by atoms with Crippen molar-refractivity contribution in [3.63, 3.8) is 0 Å². The van der Waals surface area contributed by atoms with Gasteiger partial charge in [-0.1, -0.05) is 43.7 Å². The lowest BCUT2D eigenvalue weighted by Gasteiger charge is -2.04. The van der Waals surface area contributed by atoms with Crippen molar-refractivity contribution in [2.75, 3.05) is 0 Å². The Hall–Kier alpha value is -1.31. The van der Waals surface area contributed by atoms with Crippen molar-refractivity contribution in [3.05, 3.63) is 35.4 Å². The Labute approximate surface area is 79.8 Å². The number of hydrogen-bond acceptors (Lipinski definition) is 1. The van der Waals surface area contributed by atoms with Gasteiger partial charge in [-0.25, -0.2) is 0 Å². The first-order valence-electron chi connectivity index (χ1n) is 4.33. The number of nitrogens with two attached hydrogens (primary N) is 1. The van der Waals surface area contributed by atoms with Crippen molar-refractivity contribution in [2.24, 2.45) is 5.73 Å². The molecule has 0 spiro atoms. The van der Waals surface area contributed by atoms with Gasteiger partial charge >= 0.3 is 0 Å². The molecule has 2 heteroatoms. The van der Waals surface area contributed by atoms with Gasteiger partial charge in [0.2, 0.25) is 6.41 Å². The van der Waals surface area contributed by atoms with Crippen molar-refractivity contribution in [2.45, 2.75) is 26.7 Å². The SMILES string of the molecule is Cc1cccc(C(C)C)c1.NC=O. The maximum atomic E-state index is 8.58. The largest absolute Gasteiger partial charge is 0.372 e. The first-order chi connectivity index (χ1) is 6.11. The zero-order valence-corrected chi connectivity index (χ0v) is 8.45. The highest BCUT2D eigenvalue weighted by Gasteiger charge is 1.96. The Balaban J connectivity index is 0.000000424. The zero-order valence-electron chi connectivity index (χ0n) is 8.45. The summed E-state index contributed by atoms with van der Waals surface area (Å²) in [5.74, 6) is 0.653. The van der Waals surface area contributed by atoms with Crippen LogP contribution < -0.4 is 5.73 Å². The van der Waals surface area contributed by atoms with E-state index in [2.05, 4.69) is 50.8 Å². The standard InChI is InChI=1S/C10H14.CH3NO/c1-8(2)10-6-4-5-9(3)7-10;2-1-3/h4-8H,1-3H3;1H,(H2,2,3). The minimum Gasteiger partial charge on any atom is -0.372 e. The Morgan fingerprint density at radius 3 is 2.23 bits per heavy atom. The molecule has 0 saturated carbocycles. The summed E-state index contributed by atoms with van der Waals surface area (Å²) in [5.41, 5.74) is 6.95. The number of aryl methyl sites for hydroxylation is 1. The Morgan fingerprint density at radius 1 is 1.38 bits per heavy atom. The second-order valence-electron chi connectivity index (χ2n) is 3.20. The highest BCUT2D eigenvalue weighted by atomic mass is 16.1. The molecule has 0 radical (unpaired) electrons. The molecule has 0 bridgehead atoms. The van der Waals surface area contributed by atoms with Crippen molar-refractivity contribution in [3.8, 4) is 0 Å². The molecule has 0 heterocycles. The molecule has 1 rings (SSSR count). The summed E-state index contributed by atoms with van der Waals surface area (Å²) in [6.07, 6.45) is 0.250. The molecule has 2 nitrogen and oxygen atoms in total. The fourth-order valence-corrected chi connectivity index (χ4v) is 1.03. The number of primary amides is 1. The van der Waals surface area contributed by atoms with Gasteiger partial charge < -0.3 is 5.73 Å². The van der Waals surface area contributed by atoms with Gasteiger partial charge in [0.05, 0.1) is 0 Å². The van der Waals surface area contributed by atoms with Gasteiger partial charge in [-0.2, -0.15) is 0 Å². The van der Waals surface area contributed by atoms with E-state index in [1.807, 2.05) is 0 Å². The second-order valence-corrected chi connectivity index (χ2v) is 3.20. The maximum absolute atomic E-state index is 8.58. The van der Waals surface area contributed by atoms with Crippen LogP contribution in [0.5, 0.6) is 0 Å². The molecule has 0 aliphatic rings. The summed E-state index contributed by atoms with van der Waals surface area (Å²) in [5, 5.41) is 0. The molecule has 0 aromatic heterocycles. The minimum absolute atomic E-state index is 0.250. The molecule has 0 aliphatic carbocycles. The third-order valence-corrected chi connectivity index (χ3v) is 1.71. The Kier molecular flexibility index (Phi) is 5.60. The normalized spacial score (nSPS) is 8.92. The predicted octanol–water partition coefficient (Wildman–Crippen LogP) is 2.22. The Bertz CT molecular complexity index is 256. The number of carbonyl (C=O) groups excluding carboxylic acids is 1. The second kappa shape index (κ2) is 6.23. The molecule has 0 saturated heterocycles. The van der Waals surface area contributed by atoms with Crippen LogP contribution in [0.2, 0.25) is 0 Å². The molecule has 1 aromatic rings. The monoisotopic (exact) mass is 179 g/mol. The van der Waals surface area contributed by atoms with Crippen LogP contribution >= 0.6 is 0 Å². The van der Waals surface area contributed by atoms with E-state index < -0.39 is 0 Å². The molecule has 0 unspecified atom stereocenters. The van der Waals surface area contributed by atoms with E-state index in [0.717, 1.165) is 0 Å². The van der Waals surface area contributed by atoms with E-state index in [-0.39, 0.29) is 6.41 Å². The molecule has 2 N–H and O–H groups in total. The first kappa shape index (κ1) is 11.7. The molecule has 1 aromatic carbocycles. The number of hydrogen-bond donors (Lipinski definition) is 1. The van der Waals surface area contributed by atoms with Gasteiger partial charge in [0.1, 0.15) is 0 Å². The lowest BCUT2D eigenvalue weighted by Crippen LogP contribution is -1.86.